The average molecular weight is 312 g/mol. The fourth-order valence-corrected chi connectivity index (χ4v) is 3.15. The molecule has 4 N–H and O–H groups in total. The summed E-state index contributed by atoms with van der Waals surface area (Å²) in [5.74, 6) is -0.571. The van der Waals surface area contributed by atoms with Crippen molar-refractivity contribution in [2.75, 3.05) is 11.6 Å². The molecule has 0 unspecified atom stereocenters. The Labute approximate surface area is 124 Å². The molecule has 1 amide bonds. The third-order valence-electron chi connectivity index (χ3n) is 3.84. The zero-order valence-electron chi connectivity index (χ0n) is 11.9. The van der Waals surface area contributed by atoms with Crippen molar-refractivity contribution in [1.29, 1.82) is 0 Å². The minimum atomic E-state index is -3.41. The Bertz CT molecular complexity index is 649. The van der Waals surface area contributed by atoms with E-state index in [9.17, 15) is 18.3 Å². The number of rotatable bonds is 3. The number of anilines is 1. The van der Waals surface area contributed by atoms with Crippen LogP contribution in [0.4, 0.5) is 5.69 Å². The minimum Gasteiger partial charge on any atom is -0.506 e. The number of hydrogen-bond acceptors (Lipinski definition) is 5. The monoisotopic (exact) mass is 312 g/mol. The van der Waals surface area contributed by atoms with Gasteiger partial charge in [-0.25, -0.2) is 8.42 Å². The highest BCUT2D eigenvalue weighted by Crippen LogP contribution is 2.30. The summed E-state index contributed by atoms with van der Waals surface area (Å²) in [5.41, 5.74) is 5.23. The number of nitrogens with one attached hydrogen (secondary N) is 1. The van der Waals surface area contributed by atoms with Crippen LogP contribution < -0.4 is 11.1 Å². The lowest BCUT2D eigenvalue weighted by Crippen LogP contribution is -2.52. The average Bonchev–Trinajstić information content (AvgIpc) is 2.40. The van der Waals surface area contributed by atoms with E-state index in [1.807, 2.05) is 0 Å². The Kier molecular flexibility index (Phi) is 4.25. The molecule has 0 aliphatic heterocycles. The van der Waals surface area contributed by atoms with Crippen molar-refractivity contribution < 1.29 is 18.3 Å². The normalized spacial score (nSPS) is 18.2. The molecule has 0 heterocycles. The zero-order chi connectivity index (χ0) is 15.7. The first-order chi connectivity index (χ1) is 9.72. The van der Waals surface area contributed by atoms with Crippen LogP contribution >= 0.6 is 0 Å². The third-order valence-corrected chi connectivity index (χ3v) is 4.95. The second kappa shape index (κ2) is 5.65. The summed E-state index contributed by atoms with van der Waals surface area (Å²) in [6.45, 7) is 0. The Morgan fingerprint density at radius 1 is 1.29 bits per heavy atom. The quantitative estimate of drug-likeness (QED) is 0.731. The standard InChI is InChI=1S/C14H20N2O4S/c1-21(19,20)10-5-6-12(17)11(9-10)16-13(18)14(15)7-3-2-4-8-14/h5-6,9,17H,2-4,7-8,15H2,1H3,(H,16,18). The molecule has 0 atom stereocenters. The SMILES string of the molecule is CS(=O)(=O)c1ccc(O)c(NC(=O)C2(N)CCCCC2)c1. The van der Waals surface area contributed by atoms with Gasteiger partial charge in [-0.3, -0.25) is 4.79 Å². The summed E-state index contributed by atoms with van der Waals surface area (Å²) in [6, 6.07) is 3.78. The first-order valence-corrected chi connectivity index (χ1v) is 8.75. The summed E-state index contributed by atoms with van der Waals surface area (Å²) < 4.78 is 23.1. The van der Waals surface area contributed by atoms with Crippen molar-refractivity contribution >= 4 is 21.4 Å². The molecule has 6 nitrogen and oxygen atoms in total. The lowest BCUT2D eigenvalue weighted by atomic mass is 9.82. The summed E-state index contributed by atoms with van der Waals surface area (Å²) in [7, 11) is -3.41. The highest BCUT2D eigenvalue weighted by atomic mass is 32.2. The van der Waals surface area contributed by atoms with Gasteiger partial charge in [-0.1, -0.05) is 19.3 Å². The van der Waals surface area contributed by atoms with E-state index in [1.165, 1.54) is 18.2 Å². The lowest BCUT2D eigenvalue weighted by Gasteiger charge is -2.31. The van der Waals surface area contributed by atoms with E-state index in [0.29, 0.717) is 12.8 Å². The van der Waals surface area contributed by atoms with Crippen LogP contribution in [0.3, 0.4) is 0 Å². The molecule has 0 aromatic heterocycles. The van der Waals surface area contributed by atoms with Crippen LogP contribution in [0.2, 0.25) is 0 Å². The minimum absolute atomic E-state index is 0.0327. The van der Waals surface area contributed by atoms with Gasteiger partial charge < -0.3 is 16.2 Å². The molecule has 2 rings (SSSR count). The van der Waals surface area contributed by atoms with E-state index in [4.69, 9.17) is 5.73 Å². The van der Waals surface area contributed by atoms with E-state index in [1.54, 1.807) is 0 Å². The maximum atomic E-state index is 12.3. The highest BCUT2D eigenvalue weighted by molar-refractivity contribution is 7.90. The van der Waals surface area contributed by atoms with Gasteiger partial charge in [0.2, 0.25) is 5.91 Å². The molecule has 1 aromatic rings. The topological polar surface area (TPSA) is 109 Å². The van der Waals surface area contributed by atoms with Crippen molar-refractivity contribution in [3.63, 3.8) is 0 Å². The van der Waals surface area contributed by atoms with Gasteiger partial charge in [0, 0.05) is 6.26 Å². The Hall–Kier alpha value is -1.60. The van der Waals surface area contributed by atoms with Gasteiger partial charge in [0.05, 0.1) is 16.1 Å². The third kappa shape index (κ3) is 3.54. The molecule has 1 aromatic carbocycles. The van der Waals surface area contributed by atoms with Crippen molar-refractivity contribution in [1.82, 2.24) is 0 Å². The molecule has 0 bridgehead atoms. The van der Waals surface area contributed by atoms with Crippen LogP contribution in [-0.4, -0.2) is 31.2 Å². The van der Waals surface area contributed by atoms with Crippen LogP contribution in [0.25, 0.3) is 0 Å². The number of phenols is 1. The van der Waals surface area contributed by atoms with Crippen molar-refractivity contribution in [2.24, 2.45) is 5.73 Å². The number of sulfone groups is 1. The number of amides is 1. The van der Waals surface area contributed by atoms with Gasteiger partial charge in [-0.15, -0.1) is 0 Å². The van der Waals surface area contributed by atoms with Gasteiger partial charge in [0.15, 0.2) is 9.84 Å². The summed E-state index contributed by atoms with van der Waals surface area (Å²) in [6.07, 6.45) is 5.08. The molecule has 7 heteroatoms. The molecule has 116 valence electrons. The van der Waals surface area contributed by atoms with E-state index in [-0.39, 0.29) is 22.2 Å². The van der Waals surface area contributed by atoms with E-state index < -0.39 is 15.4 Å². The molecule has 21 heavy (non-hydrogen) atoms. The first kappa shape index (κ1) is 15.8. The Morgan fingerprint density at radius 3 is 2.48 bits per heavy atom. The van der Waals surface area contributed by atoms with Gasteiger partial charge in [-0.2, -0.15) is 0 Å². The molecular formula is C14H20N2O4S. The molecule has 1 fully saturated rings. The number of carbonyl (C=O) groups is 1. The van der Waals surface area contributed by atoms with E-state index in [0.717, 1.165) is 25.5 Å². The number of hydrogen-bond donors (Lipinski definition) is 3. The number of benzene rings is 1. The van der Waals surface area contributed by atoms with Crippen LogP contribution in [0, 0.1) is 0 Å². The predicted octanol–water partition coefficient (Wildman–Crippen LogP) is 1.40. The van der Waals surface area contributed by atoms with Crippen LogP contribution in [0.1, 0.15) is 32.1 Å². The largest absolute Gasteiger partial charge is 0.506 e. The molecule has 1 saturated carbocycles. The summed E-state index contributed by atoms with van der Waals surface area (Å²) in [5, 5.41) is 12.3. The van der Waals surface area contributed by atoms with Crippen LogP contribution in [0.15, 0.2) is 23.1 Å². The van der Waals surface area contributed by atoms with Crippen molar-refractivity contribution in [3.8, 4) is 5.75 Å². The molecule has 0 radical (unpaired) electrons. The molecule has 0 saturated heterocycles. The summed E-state index contributed by atoms with van der Waals surface area (Å²) >= 11 is 0. The van der Waals surface area contributed by atoms with Crippen LogP contribution in [0.5, 0.6) is 5.75 Å². The van der Waals surface area contributed by atoms with Gasteiger partial charge in [-0.05, 0) is 31.0 Å². The number of aromatic hydroxyl groups is 1. The number of phenolic OH excluding ortho intramolecular Hbond substituents is 1. The van der Waals surface area contributed by atoms with Gasteiger partial charge in [0.25, 0.3) is 0 Å². The van der Waals surface area contributed by atoms with Gasteiger partial charge >= 0.3 is 0 Å². The molecule has 1 aliphatic rings. The van der Waals surface area contributed by atoms with Gasteiger partial charge in [0.1, 0.15) is 5.75 Å². The fraction of sp³-hybridized carbons (Fsp3) is 0.500. The number of nitrogens with two attached hydrogens (primary N) is 1. The maximum absolute atomic E-state index is 12.3. The predicted molar refractivity (Wildman–Crippen MR) is 79.8 cm³/mol. The van der Waals surface area contributed by atoms with E-state index in [2.05, 4.69) is 5.32 Å². The summed E-state index contributed by atoms with van der Waals surface area (Å²) in [4.78, 5) is 12.3. The van der Waals surface area contributed by atoms with E-state index >= 15 is 0 Å². The Balaban J connectivity index is 2.24. The smallest absolute Gasteiger partial charge is 0.244 e. The molecule has 0 spiro atoms. The molecular weight excluding hydrogens is 292 g/mol. The highest BCUT2D eigenvalue weighted by Gasteiger charge is 2.35. The van der Waals surface area contributed by atoms with Crippen LogP contribution in [-0.2, 0) is 14.6 Å². The lowest BCUT2D eigenvalue weighted by molar-refractivity contribution is -0.122. The van der Waals surface area contributed by atoms with Crippen molar-refractivity contribution in [3.05, 3.63) is 18.2 Å². The maximum Gasteiger partial charge on any atom is 0.244 e. The Morgan fingerprint density at radius 2 is 1.90 bits per heavy atom. The second-order valence-corrected chi connectivity index (χ2v) is 7.64. The van der Waals surface area contributed by atoms with Crippen molar-refractivity contribution in [2.45, 2.75) is 42.5 Å². The first-order valence-electron chi connectivity index (χ1n) is 6.86. The number of carbonyl (C=O) groups excluding carboxylic acids is 1. The fourth-order valence-electron chi connectivity index (χ4n) is 2.50. The molecule has 1 aliphatic carbocycles. The zero-order valence-corrected chi connectivity index (χ0v) is 12.7. The second-order valence-electron chi connectivity index (χ2n) is 5.62.